The Labute approximate surface area is 121 Å². The summed E-state index contributed by atoms with van der Waals surface area (Å²) in [4.78, 5) is 0. The minimum atomic E-state index is -1.19. The van der Waals surface area contributed by atoms with E-state index < -0.39 is 29.3 Å². The summed E-state index contributed by atoms with van der Waals surface area (Å²) in [5, 5.41) is 9.54. The Kier molecular flexibility index (Phi) is 4.35. The maximum Gasteiger partial charge on any atom is 0.201 e. The van der Waals surface area contributed by atoms with Crippen molar-refractivity contribution in [2.45, 2.75) is 13.0 Å². The zero-order valence-electron chi connectivity index (χ0n) is 10.3. The second-order valence-electron chi connectivity index (χ2n) is 4.13. The Morgan fingerprint density at radius 1 is 1.10 bits per heavy atom. The molecule has 0 saturated heterocycles. The van der Waals surface area contributed by atoms with Crippen LogP contribution in [0.4, 0.5) is 13.2 Å². The minimum Gasteiger partial charge on any atom is -0.454 e. The van der Waals surface area contributed by atoms with Gasteiger partial charge in [0.05, 0.1) is 11.7 Å². The molecule has 0 bridgehead atoms. The summed E-state index contributed by atoms with van der Waals surface area (Å²) < 4.78 is 46.0. The van der Waals surface area contributed by atoms with Crippen LogP contribution in [0.2, 0.25) is 0 Å². The quantitative estimate of drug-likeness (QED) is 0.815. The molecule has 2 rings (SSSR count). The van der Waals surface area contributed by atoms with Gasteiger partial charge in [0, 0.05) is 4.47 Å². The fraction of sp³-hybridized carbons (Fsp3) is 0.143. The van der Waals surface area contributed by atoms with Gasteiger partial charge in [-0.3, -0.25) is 0 Å². The summed E-state index contributed by atoms with van der Waals surface area (Å²) in [6.07, 6.45) is -1.15. The van der Waals surface area contributed by atoms with E-state index in [0.29, 0.717) is 0 Å². The van der Waals surface area contributed by atoms with Gasteiger partial charge in [-0.05, 0) is 31.2 Å². The molecule has 2 aromatic carbocycles. The van der Waals surface area contributed by atoms with Gasteiger partial charge in [-0.1, -0.05) is 22.0 Å². The van der Waals surface area contributed by atoms with Crippen LogP contribution in [-0.2, 0) is 0 Å². The monoisotopic (exact) mass is 346 g/mol. The maximum atomic E-state index is 13.6. The van der Waals surface area contributed by atoms with E-state index >= 15 is 0 Å². The second kappa shape index (κ2) is 5.85. The fourth-order valence-corrected chi connectivity index (χ4v) is 2.15. The molecule has 0 aliphatic heterocycles. The summed E-state index contributed by atoms with van der Waals surface area (Å²) in [7, 11) is 0. The van der Waals surface area contributed by atoms with Gasteiger partial charge >= 0.3 is 0 Å². The standard InChI is InChI=1S/C14H10BrF3O2/c1-7(19)13-9(16)3-2-4-11(13)20-12-6-8(15)5-10(17)14(12)18/h2-7,19H,1H3/t7-/m1/s1. The van der Waals surface area contributed by atoms with E-state index in [1.165, 1.54) is 25.1 Å². The van der Waals surface area contributed by atoms with Crippen molar-refractivity contribution in [1.82, 2.24) is 0 Å². The lowest BCUT2D eigenvalue weighted by Gasteiger charge is -2.14. The van der Waals surface area contributed by atoms with E-state index in [-0.39, 0.29) is 15.8 Å². The van der Waals surface area contributed by atoms with Crippen LogP contribution < -0.4 is 4.74 Å². The van der Waals surface area contributed by atoms with E-state index in [1.54, 1.807) is 0 Å². The molecule has 1 atom stereocenters. The fourth-order valence-electron chi connectivity index (χ4n) is 1.74. The van der Waals surface area contributed by atoms with Gasteiger partial charge < -0.3 is 9.84 Å². The summed E-state index contributed by atoms with van der Waals surface area (Å²) in [6.45, 7) is 1.35. The topological polar surface area (TPSA) is 29.5 Å². The van der Waals surface area contributed by atoms with Crippen LogP contribution in [0.25, 0.3) is 0 Å². The van der Waals surface area contributed by atoms with Crippen molar-refractivity contribution in [2.24, 2.45) is 0 Å². The van der Waals surface area contributed by atoms with Gasteiger partial charge in [-0.2, -0.15) is 4.39 Å². The van der Waals surface area contributed by atoms with Gasteiger partial charge in [0.1, 0.15) is 11.6 Å². The summed E-state index contributed by atoms with van der Waals surface area (Å²) in [5.41, 5.74) is -0.118. The van der Waals surface area contributed by atoms with Crippen molar-refractivity contribution in [3.63, 3.8) is 0 Å². The number of halogens is 4. The van der Waals surface area contributed by atoms with Crippen LogP contribution in [0.5, 0.6) is 11.5 Å². The van der Waals surface area contributed by atoms with Crippen LogP contribution in [0.1, 0.15) is 18.6 Å². The first-order chi connectivity index (χ1) is 9.40. The van der Waals surface area contributed by atoms with E-state index in [2.05, 4.69) is 15.9 Å². The number of benzene rings is 2. The lowest BCUT2D eigenvalue weighted by atomic mass is 10.1. The number of aliphatic hydroxyl groups is 1. The zero-order valence-corrected chi connectivity index (χ0v) is 11.9. The Morgan fingerprint density at radius 3 is 2.45 bits per heavy atom. The summed E-state index contributed by atoms with van der Waals surface area (Å²) in [5.74, 6) is -3.44. The number of hydrogen-bond acceptors (Lipinski definition) is 2. The number of ether oxygens (including phenoxy) is 1. The van der Waals surface area contributed by atoms with Crippen molar-refractivity contribution < 1.29 is 23.0 Å². The zero-order chi connectivity index (χ0) is 14.9. The molecule has 0 radical (unpaired) electrons. The van der Waals surface area contributed by atoms with Crippen molar-refractivity contribution in [1.29, 1.82) is 0 Å². The third kappa shape index (κ3) is 2.96. The summed E-state index contributed by atoms with van der Waals surface area (Å²) in [6, 6.07) is 6.03. The average molecular weight is 347 g/mol. The first-order valence-electron chi connectivity index (χ1n) is 5.69. The number of aliphatic hydroxyl groups excluding tert-OH is 1. The van der Waals surface area contributed by atoms with Crippen LogP contribution in [-0.4, -0.2) is 5.11 Å². The molecular formula is C14H10BrF3O2. The molecule has 2 aromatic rings. The highest BCUT2D eigenvalue weighted by Crippen LogP contribution is 2.34. The van der Waals surface area contributed by atoms with Gasteiger partial charge in [0.15, 0.2) is 11.6 Å². The molecule has 0 saturated carbocycles. The SMILES string of the molecule is C[C@@H](O)c1c(F)cccc1Oc1cc(Br)cc(F)c1F. The Hall–Kier alpha value is -1.53. The van der Waals surface area contributed by atoms with Crippen molar-refractivity contribution >= 4 is 15.9 Å². The van der Waals surface area contributed by atoms with Gasteiger partial charge in [0.2, 0.25) is 5.82 Å². The molecule has 0 amide bonds. The van der Waals surface area contributed by atoms with Gasteiger partial charge in [-0.25, -0.2) is 8.78 Å². The van der Waals surface area contributed by atoms with Gasteiger partial charge in [-0.15, -0.1) is 0 Å². The molecule has 0 unspecified atom stereocenters. The molecule has 0 aromatic heterocycles. The molecule has 1 N–H and O–H groups in total. The van der Waals surface area contributed by atoms with E-state index in [9.17, 15) is 18.3 Å². The van der Waals surface area contributed by atoms with Crippen molar-refractivity contribution in [2.75, 3.05) is 0 Å². The highest BCUT2D eigenvalue weighted by Gasteiger charge is 2.18. The molecule has 0 aliphatic carbocycles. The predicted octanol–water partition coefficient (Wildman–Crippen LogP) is 4.71. The minimum absolute atomic E-state index is 0.0728. The van der Waals surface area contributed by atoms with E-state index in [1.807, 2.05) is 0 Å². The second-order valence-corrected chi connectivity index (χ2v) is 5.05. The summed E-state index contributed by atoms with van der Waals surface area (Å²) >= 11 is 3.01. The van der Waals surface area contributed by atoms with Crippen LogP contribution in [0.15, 0.2) is 34.8 Å². The highest BCUT2D eigenvalue weighted by atomic mass is 79.9. The van der Waals surface area contributed by atoms with E-state index in [4.69, 9.17) is 4.74 Å². The molecule has 0 spiro atoms. The lowest BCUT2D eigenvalue weighted by molar-refractivity contribution is 0.190. The Balaban J connectivity index is 2.48. The van der Waals surface area contributed by atoms with Crippen LogP contribution >= 0.6 is 15.9 Å². The number of rotatable bonds is 3. The molecule has 106 valence electrons. The highest BCUT2D eigenvalue weighted by molar-refractivity contribution is 9.10. The smallest absolute Gasteiger partial charge is 0.201 e. The lowest BCUT2D eigenvalue weighted by Crippen LogP contribution is -2.01. The van der Waals surface area contributed by atoms with Crippen molar-refractivity contribution in [3.8, 4) is 11.5 Å². The molecule has 20 heavy (non-hydrogen) atoms. The predicted molar refractivity (Wildman–Crippen MR) is 71.2 cm³/mol. The Bertz CT molecular complexity index is 645. The third-order valence-corrected chi connectivity index (χ3v) is 3.07. The first-order valence-corrected chi connectivity index (χ1v) is 6.48. The van der Waals surface area contributed by atoms with Crippen LogP contribution in [0.3, 0.4) is 0 Å². The van der Waals surface area contributed by atoms with Gasteiger partial charge in [0.25, 0.3) is 0 Å². The van der Waals surface area contributed by atoms with E-state index in [0.717, 1.165) is 12.1 Å². The molecule has 6 heteroatoms. The largest absolute Gasteiger partial charge is 0.454 e. The average Bonchev–Trinajstić information content (AvgIpc) is 2.35. The third-order valence-electron chi connectivity index (χ3n) is 2.61. The number of hydrogen-bond donors (Lipinski definition) is 1. The normalized spacial score (nSPS) is 12.3. The molecule has 2 nitrogen and oxygen atoms in total. The van der Waals surface area contributed by atoms with Crippen molar-refractivity contribution in [3.05, 3.63) is 57.8 Å². The molecule has 0 heterocycles. The first kappa shape index (κ1) is 14.9. The molecule has 0 fully saturated rings. The molecule has 0 aliphatic rings. The maximum absolute atomic E-state index is 13.6. The molecular weight excluding hydrogens is 337 g/mol. The Morgan fingerprint density at radius 2 is 1.80 bits per heavy atom. The van der Waals surface area contributed by atoms with Crippen LogP contribution in [0, 0.1) is 17.5 Å².